The van der Waals surface area contributed by atoms with E-state index in [1.807, 2.05) is 21.1 Å². The Morgan fingerprint density at radius 1 is 0.422 bits per heavy atom. The van der Waals surface area contributed by atoms with Gasteiger partial charge in [-0.3, -0.25) is 14.2 Å². The van der Waals surface area contributed by atoms with Crippen LogP contribution in [-0.4, -0.2) is 70.0 Å². The van der Waals surface area contributed by atoms with Crippen LogP contribution in [0.1, 0.15) is 284 Å². The summed E-state index contributed by atoms with van der Waals surface area (Å²) in [5.41, 5.74) is 0. The summed E-state index contributed by atoms with van der Waals surface area (Å²) < 4.78 is 34.1. The number of hydrogen-bond acceptors (Lipinski definition) is 8. The number of phosphoric ester groups is 1. The van der Waals surface area contributed by atoms with Crippen LogP contribution in [0.15, 0.2) is 0 Å². The Balaban J connectivity index is 4.14. The number of carbonyl (C=O) groups excluding carboxylic acids is 2. The van der Waals surface area contributed by atoms with Gasteiger partial charge in [0.05, 0.1) is 27.7 Å². The molecule has 2 unspecified atom stereocenters. The normalized spacial score (nSPS) is 13.3. The lowest BCUT2D eigenvalue weighted by molar-refractivity contribution is -0.870. The second-order valence-electron chi connectivity index (χ2n) is 20.3. The number of quaternary nitrogens is 1. The molecule has 0 saturated heterocycles. The van der Waals surface area contributed by atoms with Gasteiger partial charge in [0.15, 0.2) is 6.10 Å². The molecule has 0 radical (unpaired) electrons. The van der Waals surface area contributed by atoms with E-state index < -0.39 is 26.5 Å². The minimum absolute atomic E-state index is 0.0252. The molecule has 0 rings (SSSR count). The highest BCUT2D eigenvalue weighted by atomic mass is 31.2. The fourth-order valence-corrected chi connectivity index (χ4v) is 9.03. The van der Waals surface area contributed by atoms with Gasteiger partial charge < -0.3 is 27.9 Å². The third-order valence-corrected chi connectivity index (χ3v) is 13.6. The molecule has 0 aromatic carbocycles. The number of unbranched alkanes of at least 4 members (excludes halogenated alkanes) is 38. The molecule has 0 aliphatic rings. The highest BCUT2D eigenvalue weighted by Gasteiger charge is 2.22. The summed E-state index contributed by atoms with van der Waals surface area (Å²) in [6.07, 6.45) is 51.4. The summed E-state index contributed by atoms with van der Waals surface area (Å²) in [7, 11) is 1.19. The van der Waals surface area contributed by atoms with Gasteiger partial charge in [-0.25, -0.2) is 0 Å². The van der Waals surface area contributed by atoms with Gasteiger partial charge in [-0.1, -0.05) is 258 Å². The van der Waals surface area contributed by atoms with Gasteiger partial charge in [-0.2, -0.15) is 0 Å². The summed E-state index contributed by atoms with van der Waals surface area (Å²) in [4.78, 5) is 37.8. The Morgan fingerprint density at radius 3 is 1.00 bits per heavy atom. The van der Waals surface area contributed by atoms with E-state index in [0.29, 0.717) is 17.4 Å². The second kappa shape index (κ2) is 47.1. The molecule has 0 saturated carbocycles. The van der Waals surface area contributed by atoms with E-state index >= 15 is 0 Å². The van der Waals surface area contributed by atoms with Gasteiger partial charge in [0.1, 0.15) is 19.8 Å². The lowest BCUT2D eigenvalue weighted by atomic mass is 10.0. The van der Waals surface area contributed by atoms with Crippen LogP contribution >= 0.6 is 7.82 Å². The Labute approximate surface area is 397 Å². The number of esters is 2. The molecule has 0 aliphatic carbocycles. The summed E-state index contributed by atoms with van der Waals surface area (Å²) in [5, 5.41) is 0. The van der Waals surface area contributed by atoms with Crippen LogP contribution in [0.3, 0.4) is 0 Å². The zero-order valence-corrected chi connectivity index (χ0v) is 44.2. The molecule has 0 aliphatic heterocycles. The molecule has 64 heavy (non-hydrogen) atoms. The number of nitrogens with zero attached hydrogens (tertiary/aromatic N) is 1. The third-order valence-electron chi connectivity index (χ3n) is 12.6. The molecule has 0 aromatic heterocycles. The maximum absolute atomic E-state index is 12.8. The maximum atomic E-state index is 12.8. The highest BCUT2D eigenvalue weighted by molar-refractivity contribution is 7.45. The number of likely N-dealkylation sites (N-methyl/N-ethyl adjacent to an activating group) is 1. The first kappa shape index (κ1) is 63.0. The maximum Gasteiger partial charge on any atom is 0.306 e. The third kappa shape index (κ3) is 50.4. The van der Waals surface area contributed by atoms with Gasteiger partial charge in [0.25, 0.3) is 7.82 Å². The monoisotopic (exact) mass is 930 g/mol. The van der Waals surface area contributed by atoms with E-state index in [9.17, 15) is 19.0 Å². The molecule has 0 spiro atoms. The summed E-state index contributed by atoms with van der Waals surface area (Å²) in [6.45, 7) is 4.31. The van der Waals surface area contributed by atoms with Gasteiger partial charge in [0.2, 0.25) is 0 Å². The summed E-state index contributed by atoms with van der Waals surface area (Å²) in [6, 6.07) is 0. The van der Waals surface area contributed by atoms with Crippen molar-refractivity contribution < 1.29 is 42.1 Å². The minimum atomic E-state index is -4.62. The minimum Gasteiger partial charge on any atom is -0.756 e. The topological polar surface area (TPSA) is 111 Å². The van der Waals surface area contributed by atoms with Crippen LogP contribution in [0.25, 0.3) is 0 Å². The van der Waals surface area contributed by atoms with Crippen molar-refractivity contribution in [2.75, 3.05) is 47.5 Å². The molecule has 0 aromatic rings. The number of ether oxygens (including phenoxy) is 2. The van der Waals surface area contributed by atoms with Crippen molar-refractivity contribution in [2.24, 2.45) is 0 Å². The van der Waals surface area contributed by atoms with Crippen molar-refractivity contribution >= 4 is 19.8 Å². The van der Waals surface area contributed by atoms with E-state index in [4.69, 9.17) is 18.5 Å². The number of hydrogen-bond donors (Lipinski definition) is 0. The molecule has 382 valence electrons. The molecule has 0 bridgehead atoms. The Morgan fingerprint density at radius 2 is 0.703 bits per heavy atom. The average Bonchev–Trinajstić information content (AvgIpc) is 3.25. The summed E-state index contributed by atoms with van der Waals surface area (Å²) >= 11 is 0. The SMILES string of the molecule is CCCCCCCCCCCCCCCCCCCCCCCCC(=O)OC(COC(=O)CCCCCCCCCCCCCCCCCCCC)COP(=O)([O-])OCC[N+](C)(C)C. The molecule has 0 N–H and O–H groups in total. The second-order valence-corrected chi connectivity index (χ2v) is 21.7. The molecular formula is C54H108NO8P. The van der Waals surface area contributed by atoms with Crippen LogP contribution in [0.2, 0.25) is 0 Å². The first-order chi connectivity index (χ1) is 31.0. The van der Waals surface area contributed by atoms with E-state index in [-0.39, 0.29) is 32.0 Å². The predicted octanol–water partition coefficient (Wildman–Crippen LogP) is 16.1. The van der Waals surface area contributed by atoms with Crippen LogP contribution in [0.4, 0.5) is 0 Å². The number of phosphoric acid groups is 1. The van der Waals surface area contributed by atoms with E-state index in [1.165, 1.54) is 218 Å². The van der Waals surface area contributed by atoms with Crippen molar-refractivity contribution in [3.8, 4) is 0 Å². The quantitative estimate of drug-likeness (QED) is 0.0257. The Hall–Kier alpha value is -0.990. The zero-order valence-electron chi connectivity index (χ0n) is 43.3. The molecule has 2 atom stereocenters. The first-order valence-electron chi connectivity index (χ1n) is 27.7. The molecule has 10 heteroatoms. The Kier molecular flexibility index (Phi) is 46.4. The smallest absolute Gasteiger partial charge is 0.306 e. The average molecular weight is 930 g/mol. The van der Waals surface area contributed by atoms with Crippen molar-refractivity contribution in [1.82, 2.24) is 0 Å². The van der Waals surface area contributed by atoms with E-state index in [1.54, 1.807) is 0 Å². The van der Waals surface area contributed by atoms with Gasteiger partial charge in [-0.05, 0) is 12.8 Å². The van der Waals surface area contributed by atoms with Crippen molar-refractivity contribution in [3.63, 3.8) is 0 Å². The first-order valence-corrected chi connectivity index (χ1v) is 29.2. The van der Waals surface area contributed by atoms with Crippen LogP contribution in [0.5, 0.6) is 0 Å². The van der Waals surface area contributed by atoms with Gasteiger partial charge in [-0.15, -0.1) is 0 Å². The molecule has 9 nitrogen and oxygen atoms in total. The lowest BCUT2D eigenvalue weighted by Crippen LogP contribution is -2.37. The summed E-state index contributed by atoms with van der Waals surface area (Å²) in [5.74, 6) is -0.811. The predicted molar refractivity (Wildman–Crippen MR) is 269 cm³/mol. The van der Waals surface area contributed by atoms with Gasteiger partial charge in [0, 0.05) is 12.8 Å². The van der Waals surface area contributed by atoms with Crippen LogP contribution < -0.4 is 4.89 Å². The molecular weight excluding hydrogens is 822 g/mol. The van der Waals surface area contributed by atoms with Crippen molar-refractivity contribution in [1.29, 1.82) is 0 Å². The Bertz CT molecular complexity index is 1050. The van der Waals surface area contributed by atoms with Crippen molar-refractivity contribution in [3.05, 3.63) is 0 Å². The van der Waals surface area contributed by atoms with Crippen LogP contribution in [0, 0.1) is 0 Å². The van der Waals surface area contributed by atoms with Crippen LogP contribution in [-0.2, 0) is 32.7 Å². The fraction of sp³-hybridized carbons (Fsp3) is 0.963. The molecule has 0 amide bonds. The van der Waals surface area contributed by atoms with Crippen molar-refractivity contribution in [2.45, 2.75) is 290 Å². The standard InChI is InChI=1S/C54H108NO8P/c1-6-8-10-12-14-16-18-20-22-24-26-27-28-29-31-33-35-37-39-41-43-45-47-54(57)63-52(51-62-64(58,59)61-49-48-55(3,4)5)50-60-53(56)46-44-42-40-38-36-34-32-30-25-23-21-19-17-15-13-11-9-7-2/h52H,6-51H2,1-5H3. The molecule has 0 fully saturated rings. The van der Waals surface area contributed by atoms with E-state index in [2.05, 4.69) is 13.8 Å². The largest absolute Gasteiger partial charge is 0.756 e. The fourth-order valence-electron chi connectivity index (χ4n) is 8.31. The zero-order chi connectivity index (χ0) is 47.1. The number of carbonyl (C=O) groups is 2. The van der Waals surface area contributed by atoms with E-state index in [0.717, 1.165) is 32.1 Å². The number of rotatable bonds is 52. The molecule has 0 heterocycles. The van der Waals surface area contributed by atoms with Gasteiger partial charge >= 0.3 is 11.9 Å². The highest BCUT2D eigenvalue weighted by Crippen LogP contribution is 2.38. The lowest BCUT2D eigenvalue weighted by Gasteiger charge is -2.28.